The van der Waals surface area contributed by atoms with Crippen molar-refractivity contribution >= 4 is 5.97 Å². The second-order valence-electron chi connectivity index (χ2n) is 3.14. The number of rotatable bonds is 6. The van der Waals surface area contributed by atoms with Gasteiger partial charge in [-0.3, -0.25) is 4.79 Å². The van der Waals surface area contributed by atoms with E-state index in [4.69, 9.17) is 14.7 Å². The number of hydrogen-bond donors (Lipinski definition) is 0. The molecule has 0 fully saturated rings. The maximum absolute atomic E-state index is 11.1. The normalized spacial score (nSPS) is 12.2. The minimum atomic E-state index is -0.700. The first kappa shape index (κ1) is 12.9. The third-order valence-electron chi connectivity index (χ3n) is 1.58. The van der Waals surface area contributed by atoms with Gasteiger partial charge in [-0.2, -0.15) is 5.26 Å². The molecule has 4 heteroatoms. The maximum atomic E-state index is 11.1. The summed E-state index contributed by atoms with van der Waals surface area (Å²) in [6.45, 7) is 6.26. The van der Waals surface area contributed by atoms with Gasteiger partial charge in [-0.05, 0) is 27.2 Å². The van der Waals surface area contributed by atoms with E-state index in [1.165, 1.54) is 0 Å². The Kier molecular flexibility index (Phi) is 6.77. The van der Waals surface area contributed by atoms with Crippen LogP contribution in [0, 0.1) is 17.2 Å². The Labute approximate surface area is 84.8 Å². The molecule has 0 rings (SSSR count). The van der Waals surface area contributed by atoms with Crippen molar-refractivity contribution in [1.82, 2.24) is 0 Å². The number of hydrogen-bond acceptors (Lipinski definition) is 4. The van der Waals surface area contributed by atoms with Crippen molar-refractivity contribution in [3.05, 3.63) is 0 Å². The summed E-state index contributed by atoms with van der Waals surface area (Å²) in [5, 5.41) is 8.68. The molecule has 0 radical (unpaired) electrons. The average molecular weight is 199 g/mol. The highest BCUT2D eigenvalue weighted by molar-refractivity contribution is 5.75. The lowest BCUT2D eigenvalue weighted by Gasteiger charge is -2.10. The lowest BCUT2D eigenvalue weighted by molar-refractivity contribution is -0.146. The van der Waals surface area contributed by atoms with Gasteiger partial charge in [-0.15, -0.1) is 0 Å². The largest absolute Gasteiger partial charge is 0.465 e. The molecule has 0 bridgehead atoms. The van der Waals surface area contributed by atoms with Crippen LogP contribution in [-0.2, 0) is 14.3 Å². The molecule has 14 heavy (non-hydrogen) atoms. The molecule has 0 aliphatic heterocycles. The molecule has 0 aliphatic rings. The molecule has 1 unspecified atom stereocenters. The summed E-state index contributed by atoms with van der Waals surface area (Å²) in [5.74, 6) is -1.16. The molecule has 4 nitrogen and oxygen atoms in total. The third kappa shape index (κ3) is 5.55. The zero-order valence-electron chi connectivity index (χ0n) is 8.95. The smallest absolute Gasteiger partial charge is 0.323 e. The van der Waals surface area contributed by atoms with Crippen LogP contribution >= 0.6 is 0 Å². The highest BCUT2D eigenvalue weighted by atomic mass is 16.5. The second-order valence-corrected chi connectivity index (χ2v) is 3.14. The van der Waals surface area contributed by atoms with Gasteiger partial charge < -0.3 is 9.47 Å². The van der Waals surface area contributed by atoms with E-state index >= 15 is 0 Å². The highest BCUT2D eigenvalue weighted by Crippen LogP contribution is 2.05. The van der Waals surface area contributed by atoms with Gasteiger partial charge >= 0.3 is 5.97 Å². The Bertz CT molecular complexity index is 208. The summed E-state index contributed by atoms with van der Waals surface area (Å²) >= 11 is 0. The van der Waals surface area contributed by atoms with Crippen molar-refractivity contribution in [2.45, 2.75) is 33.3 Å². The summed E-state index contributed by atoms with van der Waals surface area (Å²) in [6.07, 6.45) is 0.518. The Morgan fingerprint density at radius 3 is 2.57 bits per heavy atom. The molecule has 0 aromatic rings. The topological polar surface area (TPSA) is 59.3 Å². The average Bonchev–Trinajstić information content (AvgIpc) is 2.12. The Morgan fingerprint density at radius 1 is 1.50 bits per heavy atom. The van der Waals surface area contributed by atoms with Crippen LogP contribution in [0.4, 0.5) is 0 Å². The van der Waals surface area contributed by atoms with Crippen molar-refractivity contribution in [3.63, 3.8) is 0 Å². The third-order valence-corrected chi connectivity index (χ3v) is 1.58. The van der Waals surface area contributed by atoms with Crippen LogP contribution in [0.25, 0.3) is 0 Å². The van der Waals surface area contributed by atoms with Crippen molar-refractivity contribution in [2.24, 2.45) is 5.92 Å². The summed E-state index contributed by atoms with van der Waals surface area (Å²) in [7, 11) is 0. The van der Waals surface area contributed by atoms with E-state index in [1.54, 1.807) is 6.92 Å². The zero-order chi connectivity index (χ0) is 11.0. The van der Waals surface area contributed by atoms with Gasteiger partial charge in [0, 0.05) is 6.61 Å². The Balaban J connectivity index is 3.80. The summed E-state index contributed by atoms with van der Waals surface area (Å²) in [4.78, 5) is 11.1. The predicted octanol–water partition coefficient (Wildman–Crippen LogP) is 1.50. The first-order valence-corrected chi connectivity index (χ1v) is 4.79. The molecule has 0 amide bonds. The number of carbonyl (C=O) groups is 1. The number of ether oxygens (including phenoxy) is 2. The first-order chi connectivity index (χ1) is 6.61. The number of nitriles is 1. The van der Waals surface area contributed by atoms with Crippen LogP contribution in [0.2, 0.25) is 0 Å². The second kappa shape index (κ2) is 7.34. The van der Waals surface area contributed by atoms with E-state index in [0.29, 0.717) is 19.6 Å². The predicted molar refractivity (Wildman–Crippen MR) is 51.4 cm³/mol. The van der Waals surface area contributed by atoms with Gasteiger partial charge in [-0.1, -0.05) is 0 Å². The van der Waals surface area contributed by atoms with Crippen molar-refractivity contribution in [2.75, 3.05) is 13.2 Å². The van der Waals surface area contributed by atoms with Gasteiger partial charge in [0.1, 0.15) is 5.92 Å². The first-order valence-electron chi connectivity index (χ1n) is 4.79. The van der Waals surface area contributed by atoms with E-state index in [0.717, 1.165) is 0 Å². The Hall–Kier alpha value is -1.08. The molecule has 0 aromatic carbocycles. The van der Waals surface area contributed by atoms with Gasteiger partial charge in [0.2, 0.25) is 0 Å². The van der Waals surface area contributed by atoms with E-state index in [9.17, 15) is 4.79 Å². The van der Waals surface area contributed by atoms with Gasteiger partial charge in [0.15, 0.2) is 0 Å². The van der Waals surface area contributed by atoms with Crippen LogP contribution < -0.4 is 0 Å². The maximum Gasteiger partial charge on any atom is 0.323 e. The van der Waals surface area contributed by atoms with Gasteiger partial charge in [0.05, 0.1) is 18.8 Å². The molecular weight excluding hydrogens is 182 g/mol. The number of esters is 1. The van der Waals surface area contributed by atoms with Crippen molar-refractivity contribution in [1.29, 1.82) is 5.26 Å². The summed E-state index contributed by atoms with van der Waals surface area (Å²) in [5.41, 5.74) is 0. The van der Waals surface area contributed by atoms with Gasteiger partial charge in [-0.25, -0.2) is 0 Å². The molecule has 0 heterocycles. The molecule has 0 aromatic heterocycles. The highest BCUT2D eigenvalue weighted by Gasteiger charge is 2.18. The van der Waals surface area contributed by atoms with E-state index < -0.39 is 11.9 Å². The van der Waals surface area contributed by atoms with E-state index in [2.05, 4.69) is 0 Å². The standard InChI is InChI=1S/C10H17NO3/c1-4-13-10(12)9(7-11)5-6-14-8(2)3/h8-9H,4-6H2,1-3H3. The molecular formula is C10H17NO3. The van der Waals surface area contributed by atoms with Gasteiger partial charge in [0.25, 0.3) is 0 Å². The number of nitrogens with zero attached hydrogens (tertiary/aromatic N) is 1. The quantitative estimate of drug-likeness (QED) is 0.608. The van der Waals surface area contributed by atoms with Crippen LogP contribution in [0.1, 0.15) is 27.2 Å². The van der Waals surface area contributed by atoms with E-state index in [-0.39, 0.29) is 6.10 Å². The minimum Gasteiger partial charge on any atom is -0.465 e. The van der Waals surface area contributed by atoms with Crippen LogP contribution in [0.5, 0.6) is 0 Å². The summed E-state index contributed by atoms with van der Waals surface area (Å²) < 4.78 is 9.98. The minimum absolute atomic E-state index is 0.122. The fourth-order valence-corrected chi connectivity index (χ4v) is 0.900. The number of carbonyl (C=O) groups excluding carboxylic acids is 1. The molecule has 0 saturated carbocycles. The zero-order valence-corrected chi connectivity index (χ0v) is 8.95. The summed E-state index contributed by atoms with van der Waals surface area (Å²) in [6, 6.07) is 1.91. The van der Waals surface area contributed by atoms with Crippen LogP contribution in [0.3, 0.4) is 0 Å². The molecule has 0 saturated heterocycles. The lowest BCUT2D eigenvalue weighted by atomic mass is 10.1. The van der Waals surface area contributed by atoms with E-state index in [1.807, 2.05) is 19.9 Å². The fraction of sp³-hybridized carbons (Fsp3) is 0.800. The molecule has 1 atom stereocenters. The molecule has 0 aliphatic carbocycles. The SMILES string of the molecule is CCOC(=O)C(C#N)CCOC(C)C. The fourth-order valence-electron chi connectivity index (χ4n) is 0.900. The van der Waals surface area contributed by atoms with Crippen molar-refractivity contribution < 1.29 is 14.3 Å². The lowest BCUT2D eigenvalue weighted by Crippen LogP contribution is -2.19. The van der Waals surface area contributed by atoms with Crippen LogP contribution in [-0.4, -0.2) is 25.3 Å². The monoisotopic (exact) mass is 199 g/mol. The molecule has 0 N–H and O–H groups in total. The molecule has 0 spiro atoms. The molecule has 80 valence electrons. The Morgan fingerprint density at radius 2 is 2.14 bits per heavy atom. The van der Waals surface area contributed by atoms with Crippen LogP contribution in [0.15, 0.2) is 0 Å². The van der Waals surface area contributed by atoms with Crippen molar-refractivity contribution in [3.8, 4) is 6.07 Å².